The van der Waals surface area contributed by atoms with Gasteiger partial charge in [0.2, 0.25) is 0 Å². The number of hydrogen-bond donors (Lipinski definition) is 1. The molecule has 0 bridgehead atoms. The molecule has 1 aliphatic carbocycles. The Labute approximate surface area is 117 Å². The van der Waals surface area contributed by atoms with Crippen molar-refractivity contribution >= 4 is 0 Å². The Morgan fingerprint density at radius 2 is 1.95 bits per heavy atom. The van der Waals surface area contributed by atoms with Crippen LogP contribution in [-0.4, -0.2) is 19.2 Å². The van der Waals surface area contributed by atoms with E-state index < -0.39 is 11.7 Å². The van der Waals surface area contributed by atoms with Crippen molar-refractivity contribution in [3.63, 3.8) is 0 Å². The third kappa shape index (κ3) is 5.41. The summed E-state index contributed by atoms with van der Waals surface area (Å²) >= 11 is 0. The molecule has 0 aliphatic heterocycles. The maximum atomic E-state index is 12.5. The minimum atomic E-state index is -4.31. The van der Waals surface area contributed by atoms with E-state index in [4.69, 9.17) is 4.74 Å². The highest BCUT2D eigenvalue weighted by Crippen LogP contribution is 2.31. The van der Waals surface area contributed by atoms with Crippen molar-refractivity contribution in [2.24, 2.45) is 0 Å². The smallest absolute Gasteiger partial charge is 0.416 e. The number of rotatable bonds is 8. The highest BCUT2D eigenvalue weighted by molar-refractivity contribution is 5.30. The molecule has 2 nitrogen and oxygen atoms in total. The summed E-state index contributed by atoms with van der Waals surface area (Å²) in [6.07, 6.45) is 1.24. The fourth-order valence-corrected chi connectivity index (χ4v) is 1.95. The van der Waals surface area contributed by atoms with Gasteiger partial charge in [-0.2, -0.15) is 13.2 Å². The molecule has 112 valence electrons. The van der Waals surface area contributed by atoms with E-state index in [1.165, 1.54) is 18.9 Å². The fourth-order valence-electron chi connectivity index (χ4n) is 1.95. The molecule has 1 aromatic rings. The molecule has 0 atom stereocenters. The van der Waals surface area contributed by atoms with Gasteiger partial charge in [-0.25, -0.2) is 0 Å². The zero-order valence-corrected chi connectivity index (χ0v) is 11.4. The van der Waals surface area contributed by atoms with E-state index in [1.54, 1.807) is 6.07 Å². The van der Waals surface area contributed by atoms with Crippen molar-refractivity contribution in [1.82, 2.24) is 5.32 Å². The summed E-state index contributed by atoms with van der Waals surface area (Å²) in [5.74, 6) is 0.288. The SMILES string of the molecule is FC(F)(F)c1cccc(OCCCCCNC2CC2)c1. The van der Waals surface area contributed by atoms with Gasteiger partial charge in [-0.1, -0.05) is 6.07 Å². The van der Waals surface area contributed by atoms with Crippen LogP contribution in [0.15, 0.2) is 24.3 Å². The Hall–Kier alpha value is -1.23. The van der Waals surface area contributed by atoms with Crippen molar-refractivity contribution in [3.05, 3.63) is 29.8 Å². The van der Waals surface area contributed by atoms with Crippen LogP contribution < -0.4 is 10.1 Å². The molecule has 0 unspecified atom stereocenters. The van der Waals surface area contributed by atoms with Crippen LogP contribution in [-0.2, 0) is 6.18 Å². The molecule has 2 rings (SSSR count). The zero-order chi connectivity index (χ0) is 14.4. The van der Waals surface area contributed by atoms with Gasteiger partial charge in [-0.05, 0) is 56.8 Å². The predicted octanol–water partition coefficient (Wildman–Crippen LogP) is 4.01. The summed E-state index contributed by atoms with van der Waals surface area (Å²) in [7, 11) is 0. The van der Waals surface area contributed by atoms with Gasteiger partial charge in [0.1, 0.15) is 5.75 Å². The molecule has 1 saturated carbocycles. The first-order valence-corrected chi connectivity index (χ1v) is 7.09. The van der Waals surface area contributed by atoms with Gasteiger partial charge in [-0.3, -0.25) is 0 Å². The second-order valence-electron chi connectivity index (χ2n) is 5.16. The van der Waals surface area contributed by atoms with Crippen molar-refractivity contribution in [2.75, 3.05) is 13.2 Å². The standard InChI is InChI=1S/C15H20F3NO/c16-15(17,18)12-5-4-6-14(11-12)20-10-3-1-2-9-19-13-7-8-13/h4-6,11,13,19H,1-3,7-10H2. The summed E-state index contributed by atoms with van der Waals surface area (Å²) in [6.45, 7) is 1.49. The van der Waals surface area contributed by atoms with Gasteiger partial charge in [0.25, 0.3) is 0 Å². The van der Waals surface area contributed by atoms with Crippen LogP contribution in [0.4, 0.5) is 13.2 Å². The quantitative estimate of drug-likeness (QED) is 0.729. The van der Waals surface area contributed by atoms with Crippen LogP contribution in [0, 0.1) is 0 Å². The molecule has 5 heteroatoms. The summed E-state index contributed by atoms with van der Waals surface area (Å²) in [4.78, 5) is 0. The lowest BCUT2D eigenvalue weighted by atomic mass is 10.2. The zero-order valence-electron chi connectivity index (χ0n) is 11.4. The Kier molecular flexibility index (Phi) is 5.29. The Bertz CT molecular complexity index is 416. The van der Waals surface area contributed by atoms with Crippen LogP contribution >= 0.6 is 0 Å². The molecule has 0 saturated heterocycles. The Morgan fingerprint density at radius 3 is 2.65 bits per heavy atom. The van der Waals surface area contributed by atoms with E-state index in [9.17, 15) is 13.2 Å². The average Bonchev–Trinajstić information content (AvgIpc) is 3.21. The first kappa shape index (κ1) is 15.2. The second kappa shape index (κ2) is 6.97. The van der Waals surface area contributed by atoms with Crippen LogP contribution in [0.2, 0.25) is 0 Å². The van der Waals surface area contributed by atoms with Crippen molar-refractivity contribution in [1.29, 1.82) is 0 Å². The molecular weight excluding hydrogens is 267 g/mol. The Morgan fingerprint density at radius 1 is 1.15 bits per heavy atom. The minimum absolute atomic E-state index is 0.288. The molecule has 0 heterocycles. The molecule has 20 heavy (non-hydrogen) atoms. The van der Waals surface area contributed by atoms with E-state index in [-0.39, 0.29) is 5.75 Å². The van der Waals surface area contributed by atoms with Crippen molar-refractivity contribution < 1.29 is 17.9 Å². The minimum Gasteiger partial charge on any atom is -0.494 e. The van der Waals surface area contributed by atoms with Gasteiger partial charge in [-0.15, -0.1) is 0 Å². The van der Waals surface area contributed by atoms with Gasteiger partial charge >= 0.3 is 6.18 Å². The van der Waals surface area contributed by atoms with Crippen LogP contribution in [0.1, 0.15) is 37.7 Å². The average molecular weight is 287 g/mol. The normalized spacial score (nSPS) is 15.3. The summed E-state index contributed by atoms with van der Waals surface area (Å²) in [5, 5.41) is 3.42. The van der Waals surface area contributed by atoms with E-state index >= 15 is 0 Å². The van der Waals surface area contributed by atoms with E-state index in [0.717, 1.165) is 44.0 Å². The van der Waals surface area contributed by atoms with Crippen LogP contribution in [0.25, 0.3) is 0 Å². The lowest BCUT2D eigenvalue weighted by Gasteiger charge is -2.10. The number of benzene rings is 1. The number of halogens is 3. The molecule has 0 spiro atoms. The van der Waals surface area contributed by atoms with Gasteiger partial charge in [0.15, 0.2) is 0 Å². The highest BCUT2D eigenvalue weighted by Gasteiger charge is 2.30. The van der Waals surface area contributed by atoms with Crippen molar-refractivity contribution in [2.45, 2.75) is 44.3 Å². The third-order valence-electron chi connectivity index (χ3n) is 3.26. The molecule has 1 N–H and O–H groups in total. The fraction of sp³-hybridized carbons (Fsp3) is 0.600. The number of unbranched alkanes of at least 4 members (excludes halogenated alkanes) is 2. The highest BCUT2D eigenvalue weighted by atomic mass is 19.4. The summed E-state index contributed by atoms with van der Waals surface area (Å²) in [5.41, 5.74) is -0.663. The molecular formula is C15H20F3NO. The van der Waals surface area contributed by atoms with Gasteiger partial charge < -0.3 is 10.1 Å². The second-order valence-corrected chi connectivity index (χ2v) is 5.16. The van der Waals surface area contributed by atoms with Gasteiger partial charge in [0, 0.05) is 6.04 Å². The van der Waals surface area contributed by atoms with Crippen LogP contribution in [0.5, 0.6) is 5.75 Å². The predicted molar refractivity (Wildman–Crippen MR) is 71.8 cm³/mol. The number of nitrogens with one attached hydrogen (secondary N) is 1. The van der Waals surface area contributed by atoms with E-state index in [0.29, 0.717) is 6.61 Å². The van der Waals surface area contributed by atoms with E-state index in [2.05, 4.69) is 5.32 Å². The summed E-state index contributed by atoms with van der Waals surface area (Å²) in [6, 6.07) is 5.77. The first-order valence-electron chi connectivity index (χ1n) is 7.09. The molecule has 1 aliphatic rings. The van der Waals surface area contributed by atoms with Crippen LogP contribution in [0.3, 0.4) is 0 Å². The molecule has 0 radical (unpaired) electrons. The maximum Gasteiger partial charge on any atom is 0.416 e. The number of ether oxygens (including phenoxy) is 1. The maximum absolute atomic E-state index is 12.5. The molecule has 1 fully saturated rings. The number of alkyl halides is 3. The topological polar surface area (TPSA) is 21.3 Å². The lowest BCUT2D eigenvalue weighted by molar-refractivity contribution is -0.137. The number of hydrogen-bond acceptors (Lipinski definition) is 2. The summed E-state index contributed by atoms with van der Waals surface area (Å²) < 4.78 is 42.9. The lowest BCUT2D eigenvalue weighted by Crippen LogP contribution is -2.17. The molecule has 1 aromatic carbocycles. The Balaban J connectivity index is 1.60. The largest absolute Gasteiger partial charge is 0.494 e. The first-order chi connectivity index (χ1) is 9.55. The monoisotopic (exact) mass is 287 g/mol. The molecule has 0 amide bonds. The van der Waals surface area contributed by atoms with E-state index in [1.807, 2.05) is 0 Å². The molecule has 0 aromatic heterocycles. The third-order valence-corrected chi connectivity index (χ3v) is 3.26. The van der Waals surface area contributed by atoms with Crippen molar-refractivity contribution in [3.8, 4) is 5.75 Å². The van der Waals surface area contributed by atoms with Gasteiger partial charge in [0.05, 0.1) is 12.2 Å².